The van der Waals surface area contributed by atoms with Gasteiger partial charge in [-0.15, -0.1) is 5.10 Å². The average Bonchev–Trinajstić information content (AvgIpc) is 3.29. The second-order valence-corrected chi connectivity index (χ2v) is 7.98. The van der Waals surface area contributed by atoms with Crippen molar-refractivity contribution >= 4 is 5.65 Å². The summed E-state index contributed by atoms with van der Waals surface area (Å²) in [7, 11) is 3.28. The van der Waals surface area contributed by atoms with Crippen molar-refractivity contribution < 1.29 is 9.47 Å². The number of aromatic nitrogens is 3. The Labute approximate surface area is 159 Å². The minimum atomic E-state index is 0.675. The fraction of sp³-hybridized carbons (Fsp3) is 0.455. The first-order valence-corrected chi connectivity index (χ1v) is 9.82. The normalized spacial score (nSPS) is 24.3. The highest BCUT2D eigenvalue weighted by atomic mass is 16.5. The van der Waals surface area contributed by atoms with Gasteiger partial charge in [-0.1, -0.05) is 18.9 Å². The zero-order valence-corrected chi connectivity index (χ0v) is 15.9. The third kappa shape index (κ3) is 2.95. The van der Waals surface area contributed by atoms with Crippen molar-refractivity contribution in [2.75, 3.05) is 14.2 Å². The van der Waals surface area contributed by atoms with E-state index in [2.05, 4.69) is 18.3 Å². The molecule has 2 aliphatic rings. The van der Waals surface area contributed by atoms with E-state index in [0.717, 1.165) is 23.0 Å². The molecular formula is C22H25N3O2. The predicted molar refractivity (Wildman–Crippen MR) is 104 cm³/mol. The van der Waals surface area contributed by atoms with Crippen LogP contribution < -0.4 is 9.47 Å². The number of rotatable bonds is 4. The van der Waals surface area contributed by atoms with Crippen LogP contribution >= 0.6 is 0 Å². The molecule has 140 valence electrons. The van der Waals surface area contributed by atoms with Gasteiger partial charge in [0.1, 0.15) is 0 Å². The maximum Gasteiger partial charge on any atom is 0.182 e. The molecule has 3 aromatic rings. The van der Waals surface area contributed by atoms with Crippen LogP contribution in [0.4, 0.5) is 0 Å². The molecule has 2 bridgehead atoms. The molecule has 2 saturated carbocycles. The molecule has 1 aromatic carbocycles. The maximum absolute atomic E-state index is 5.41. The van der Waals surface area contributed by atoms with Gasteiger partial charge in [-0.3, -0.25) is 0 Å². The fourth-order valence-electron chi connectivity index (χ4n) is 5.02. The van der Waals surface area contributed by atoms with Crippen LogP contribution in [0.3, 0.4) is 0 Å². The fourth-order valence-corrected chi connectivity index (χ4v) is 5.02. The lowest BCUT2D eigenvalue weighted by atomic mass is 9.78. The van der Waals surface area contributed by atoms with Crippen molar-refractivity contribution in [2.24, 2.45) is 11.8 Å². The van der Waals surface area contributed by atoms with Crippen LogP contribution in [0.1, 0.15) is 43.6 Å². The summed E-state index contributed by atoms with van der Waals surface area (Å²) in [5, 5.41) is 4.73. The second kappa shape index (κ2) is 6.55. The van der Waals surface area contributed by atoms with Crippen molar-refractivity contribution in [3.8, 4) is 22.9 Å². The van der Waals surface area contributed by atoms with Gasteiger partial charge in [0.2, 0.25) is 0 Å². The number of benzene rings is 1. The molecule has 2 heterocycles. The summed E-state index contributed by atoms with van der Waals surface area (Å²) in [5.74, 6) is 4.64. The van der Waals surface area contributed by atoms with Crippen molar-refractivity contribution in [1.82, 2.24) is 14.6 Å². The van der Waals surface area contributed by atoms with Gasteiger partial charge >= 0.3 is 0 Å². The van der Waals surface area contributed by atoms with Gasteiger partial charge in [-0.05, 0) is 66.8 Å². The van der Waals surface area contributed by atoms with Crippen molar-refractivity contribution in [3.63, 3.8) is 0 Å². The summed E-state index contributed by atoms with van der Waals surface area (Å²) in [6.07, 6.45) is 9.15. The second-order valence-electron chi connectivity index (χ2n) is 7.98. The van der Waals surface area contributed by atoms with Crippen LogP contribution in [-0.4, -0.2) is 28.8 Å². The summed E-state index contributed by atoms with van der Waals surface area (Å²) in [6, 6.07) is 10.1. The highest BCUT2D eigenvalue weighted by molar-refractivity contribution is 5.63. The number of methoxy groups -OCH3 is 2. The largest absolute Gasteiger partial charge is 0.493 e. The minimum absolute atomic E-state index is 0.675. The molecule has 0 radical (unpaired) electrons. The molecule has 0 aliphatic heterocycles. The number of fused-ring (bicyclic) bond motifs is 3. The molecule has 0 saturated heterocycles. The van der Waals surface area contributed by atoms with Gasteiger partial charge in [0, 0.05) is 11.8 Å². The standard InChI is InChI=1S/C22H25N3O2/c1-26-19-7-5-16(12-20(19)27-2)22-23-21-8-6-17(13-25(21)24-22)18-10-14-3-4-15(9-14)11-18/h5-8,12-15,18H,3-4,9-11H2,1-2H3. The van der Waals surface area contributed by atoms with Gasteiger partial charge in [0.05, 0.1) is 14.2 Å². The highest BCUT2D eigenvalue weighted by Gasteiger charge is 2.34. The molecular weight excluding hydrogens is 338 g/mol. The Balaban J connectivity index is 1.47. The Morgan fingerprint density at radius 2 is 1.70 bits per heavy atom. The van der Waals surface area contributed by atoms with Gasteiger partial charge in [0.15, 0.2) is 23.0 Å². The van der Waals surface area contributed by atoms with Gasteiger partial charge in [0.25, 0.3) is 0 Å². The van der Waals surface area contributed by atoms with Crippen molar-refractivity contribution in [3.05, 3.63) is 42.1 Å². The van der Waals surface area contributed by atoms with Crippen LogP contribution in [0.15, 0.2) is 36.5 Å². The average molecular weight is 363 g/mol. The van der Waals surface area contributed by atoms with Crippen molar-refractivity contribution in [1.29, 1.82) is 0 Å². The minimum Gasteiger partial charge on any atom is -0.493 e. The van der Waals surface area contributed by atoms with E-state index >= 15 is 0 Å². The SMILES string of the molecule is COc1ccc(-c2nc3ccc(C4CC5CCC(C5)C4)cn3n2)cc1OC. The van der Waals surface area contributed by atoms with Crippen LogP contribution in [0, 0.1) is 11.8 Å². The summed E-state index contributed by atoms with van der Waals surface area (Å²) < 4.78 is 12.7. The number of hydrogen-bond donors (Lipinski definition) is 0. The molecule has 27 heavy (non-hydrogen) atoms. The number of pyridine rings is 1. The summed E-state index contributed by atoms with van der Waals surface area (Å²) >= 11 is 0. The first kappa shape index (κ1) is 16.6. The monoisotopic (exact) mass is 363 g/mol. The molecule has 5 rings (SSSR count). The van der Waals surface area contributed by atoms with Gasteiger partial charge < -0.3 is 9.47 Å². The molecule has 5 nitrogen and oxygen atoms in total. The quantitative estimate of drug-likeness (QED) is 0.674. The first-order valence-electron chi connectivity index (χ1n) is 9.82. The Morgan fingerprint density at radius 3 is 2.44 bits per heavy atom. The van der Waals surface area contributed by atoms with E-state index in [0.29, 0.717) is 23.2 Å². The smallest absolute Gasteiger partial charge is 0.182 e. The number of hydrogen-bond acceptors (Lipinski definition) is 4. The van der Waals surface area contributed by atoms with E-state index in [1.807, 2.05) is 22.7 Å². The molecule has 5 heteroatoms. The molecule has 2 aromatic heterocycles. The lowest BCUT2D eigenvalue weighted by Gasteiger charge is -2.27. The topological polar surface area (TPSA) is 48.7 Å². The maximum atomic E-state index is 5.41. The zero-order chi connectivity index (χ0) is 18.4. The van der Waals surface area contributed by atoms with E-state index in [9.17, 15) is 0 Å². The Morgan fingerprint density at radius 1 is 0.926 bits per heavy atom. The number of ether oxygens (including phenoxy) is 2. The molecule has 0 spiro atoms. The van der Waals surface area contributed by atoms with E-state index in [4.69, 9.17) is 19.6 Å². The lowest BCUT2D eigenvalue weighted by Crippen LogP contribution is -2.14. The summed E-state index contributed by atoms with van der Waals surface area (Å²) in [5.41, 5.74) is 3.21. The first-order chi connectivity index (χ1) is 13.2. The molecule has 2 atom stereocenters. The van der Waals surface area contributed by atoms with Crippen LogP contribution in [-0.2, 0) is 0 Å². The van der Waals surface area contributed by atoms with Gasteiger partial charge in [-0.2, -0.15) is 0 Å². The van der Waals surface area contributed by atoms with E-state index < -0.39 is 0 Å². The molecule has 2 aliphatic carbocycles. The Bertz CT molecular complexity index is 969. The van der Waals surface area contributed by atoms with Gasteiger partial charge in [-0.25, -0.2) is 9.50 Å². The van der Waals surface area contributed by atoms with E-state index in [1.165, 1.54) is 37.7 Å². The van der Waals surface area contributed by atoms with E-state index in [-0.39, 0.29) is 0 Å². The number of nitrogens with zero attached hydrogens (tertiary/aromatic N) is 3. The molecule has 2 unspecified atom stereocenters. The Kier molecular flexibility index (Phi) is 4.03. The molecule has 2 fully saturated rings. The van der Waals surface area contributed by atoms with E-state index in [1.54, 1.807) is 14.2 Å². The highest BCUT2D eigenvalue weighted by Crippen LogP contribution is 2.48. The van der Waals surface area contributed by atoms with Crippen LogP contribution in [0.2, 0.25) is 0 Å². The van der Waals surface area contributed by atoms with Crippen molar-refractivity contribution in [2.45, 2.75) is 38.0 Å². The summed E-state index contributed by atoms with van der Waals surface area (Å²) in [4.78, 5) is 4.70. The van der Waals surface area contributed by atoms with Crippen LogP contribution in [0.5, 0.6) is 11.5 Å². The van der Waals surface area contributed by atoms with Crippen LogP contribution in [0.25, 0.3) is 17.0 Å². The third-order valence-corrected chi connectivity index (χ3v) is 6.35. The lowest BCUT2D eigenvalue weighted by molar-refractivity contribution is 0.319. The summed E-state index contributed by atoms with van der Waals surface area (Å²) in [6.45, 7) is 0. The molecule has 0 N–H and O–H groups in total. The zero-order valence-electron chi connectivity index (χ0n) is 15.9. The predicted octanol–water partition coefficient (Wildman–Crippen LogP) is 4.71. The Hall–Kier alpha value is -2.56. The third-order valence-electron chi connectivity index (χ3n) is 6.35. The molecule has 0 amide bonds.